The first-order valence-corrected chi connectivity index (χ1v) is 23.4. The van der Waals surface area contributed by atoms with Gasteiger partial charge < -0.3 is 15.2 Å². The lowest BCUT2D eigenvalue weighted by Gasteiger charge is -2.14. The minimum atomic E-state index is -1.05. The fourth-order valence-corrected chi connectivity index (χ4v) is 6.76. The van der Waals surface area contributed by atoms with Gasteiger partial charge in [-0.25, -0.2) is 0 Å². The highest BCUT2D eigenvalue weighted by Gasteiger charge is 2.12. The lowest BCUT2D eigenvalue weighted by atomic mass is 10.0. The Balaban J connectivity index is 4.08. The molecule has 322 valence electrons. The van der Waals surface area contributed by atoms with Gasteiger partial charge in [0.05, 0.1) is 0 Å². The Kier molecular flexibility index (Phi) is 42.5. The van der Waals surface area contributed by atoms with Gasteiger partial charge >= 0.3 is 11.9 Å². The number of nitrogens with one attached hydrogen (secondary N) is 1. The third-order valence-corrected chi connectivity index (χ3v) is 10.2. The second-order valence-electron chi connectivity index (χ2n) is 15.6. The van der Waals surface area contributed by atoms with Gasteiger partial charge in [-0.15, -0.1) is 0 Å². The number of ether oxygens (including phenoxy) is 1. The van der Waals surface area contributed by atoms with E-state index in [0.717, 1.165) is 44.9 Å². The highest BCUT2D eigenvalue weighted by atomic mass is 16.5. The van der Waals surface area contributed by atoms with E-state index in [-0.39, 0.29) is 30.9 Å². The van der Waals surface area contributed by atoms with Crippen LogP contribution in [-0.4, -0.2) is 35.6 Å². The van der Waals surface area contributed by atoms with Crippen molar-refractivity contribution in [3.8, 4) is 0 Å². The van der Waals surface area contributed by atoms with Gasteiger partial charge in [-0.2, -0.15) is 0 Å². The molecule has 0 spiro atoms. The van der Waals surface area contributed by atoms with Crippen LogP contribution in [-0.2, 0) is 19.1 Å². The number of allylic oxidation sites excluding steroid dienone is 9. The molecule has 1 atom stereocenters. The summed E-state index contributed by atoms with van der Waals surface area (Å²) in [5.74, 6) is -1.47. The molecular weight excluding hydrogens is 695 g/mol. The second kappa shape index (κ2) is 44.8. The van der Waals surface area contributed by atoms with E-state index < -0.39 is 5.97 Å². The SMILES string of the molecule is CC/C=C\C/C=C\C/C=C\C/C=C\C/C=C\C(CCCCC(=O)NCC(=O)O)OC(=O)CCCCCCCCCCCCCCCCCCCCCCCCC. The molecule has 0 saturated heterocycles. The monoisotopic (exact) mass is 782 g/mol. The zero-order valence-corrected chi connectivity index (χ0v) is 36.5. The molecule has 0 aliphatic rings. The van der Waals surface area contributed by atoms with Crippen LogP contribution in [0.1, 0.15) is 226 Å². The van der Waals surface area contributed by atoms with Crippen LogP contribution in [0.3, 0.4) is 0 Å². The predicted molar refractivity (Wildman–Crippen MR) is 240 cm³/mol. The van der Waals surface area contributed by atoms with Crippen LogP contribution in [0, 0.1) is 0 Å². The van der Waals surface area contributed by atoms with Crippen LogP contribution >= 0.6 is 0 Å². The smallest absolute Gasteiger partial charge is 0.322 e. The van der Waals surface area contributed by atoms with E-state index in [9.17, 15) is 14.4 Å². The van der Waals surface area contributed by atoms with Crippen LogP contribution in [0.5, 0.6) is 0 Å². The molecule has 0 heterocycles. The number of amides is 1. The van der Waals surface area contributed by atoms with Crippen LogP contribution in [0.2, 0.25) is 0 Å². The quantitative estimate of drug-likeness (QED) is 0.0365. The average molecular weight is 782 g/mol. The van der Waals surface area contributed by atoms with E-state index >= 15 is 0 Å². The fraction of sp³-hybridized carbons (Fsp3) is 0.740. The lowest BCUT2D eigenvalue weighted by molar-refractivity contribution is -0.147. The van der Waals surface area contributed by atoms with Gasteiger partial charge in [0.25, 0.3) is 0 Å². The predicted octanol–water partition coefficient (Wildman–Crippen LogP) is 14.8. The number of carboxylic acid groups (broad SMARTS) is 1. The van der Waals surface area contributed by atoms with Crippen LogP contribution in [0.4, 0.5) is 0 Å². The molecule has 0 aliphatic heterocycles. The zero-order valence-electron chi connectivity index (χ0n) is 36.5. The average Bonchev–Trinajstić information content (AvgIpc) is 3.18. The van der Waals surface area contributed by atoms with E-state index in [1.807, 2.05) is 12.2 Å². The molecule has 0 radical (unpaired) electrons. The number of carbonyl (C=O) groups excluding carboxylic acids is 2. The zero-order chi connectivity index (χ0) is 40.8. The maximum atomic E-state index is 12.7. The molecule has 1 unspecified atom stereocenters. The number of hydrogen-bond donors (Lipinski definition) is 2. The van der Waals surface area contributed by atoms with Crippen molar-refractivity contribution in [1.82, 2.24) is 5.32 Å². The highest BCUT2D eigenvalue weighted by Crippen LogP contribution is 2.17. The summed E-state index contributed by atoms with van der Waals surface area (Å²) < 4.78 is 5.85. The normalized spacial score (nSPS) is 12.6. The number of unbranched alkanes of at least 4 members (excludes halogenated alkanes) is 23. The number of esters is 1. The Bertz CT molecular complexity index is 1040. The van der Waals surface area contributed by atoms with E-state index in [4.69, 9.17) is 9.84 Å². The lowest BCUT2D eigenvalue weighted by Crippen LogP contribution is -2.28. The van der Waals surface area contributed by atoms with Gasteiger partial charge in [-0.3, -0.25) is 14.4 Å². The topological polar surface area (TPSA) is 92.7 Å². The van der Waals surface area contributed by atoms with Gasteiger partial charge in [0, 0.05) is 12.8 Å². The second-order valence-corrected chi connectivity index (χ2v) is 15.6. The third-order valence-electron chi connectivity index (χ3n) is 10.2. The summed E-state index contributed by atoms with van der Waals surface area (Å²) in [5.41, 5.74) is 0. The summed E-state index contributed by atoms with van der Waals surface area (Å²) in [6.07, 6.45) is 59.5. The van der Waals surface area contributed by atoms with Crippen molar-refractivity contribution in [3.63, 3.8) is 0 Å². The fourth-order valence-electron chi connectivity index (χ4n) is 6.76. The summed E-state index contributed by atoms with van der Waals surface area (Å²) in [7, 11) is 0. The minimum Gasteiger partial charge on any atom is -0.480 e. The Morgan fingerprint density at radius 2 is 0.857 bits per heavy atom. The molecule has 0 aromatic carbocycles. The molecule has 0 aromatic heterocycles. The maximum Gasteiger partial charge on any atom is 0.322 e. The maximum absolute atomic E-state index is 12.7. The van der Waals surface area contributed by atoms with Crippen molar-refractivity contribution in [2.45, 2.75) is 232 Å². The number of aliphatic carboxylic acids is 1. The Morgan fingerprint density at radius 3 is 1.27 bits per heavy atom. The largest absolute Gasteiger partial charge is 0.480 e. The Labute approximate surface area is 345 Å². The standard InChI is InChI=1S/C50H87NO5/c1-3-5-7-9-11-13-15-17-19-20-21-22-23-24-25-26-27-29-31-33-35-37-39-45-50(55)56-47(43-40-41-44-48(52)51-46-49(53)54)42-38-36-34-32-30-28-18-16-14-12-10-8-6-4-2/h6,8,12,14,18,28,32,34,38,42,47H,3-5,7,9-11,13,15-17,19-27,29-31,33,35-37,39-41,43-46H2,1-2H3,(H,51,52)(H,53,54)/b8-6-,14-12-,28-18-,34-32-,42-38-. The highest BCUT2D eigenvalue weighted by molar-refractivity contribution is 5.80. The van der Waals surface area contributed by atoms with Crippen LogP contribution in [0.15, 0.2) is 60.8 Å². The first kappa shape index (κ1) is 53.1. The summed E-state index contributed by atoms with van der Waals surface area (Å²) >= 11 is 0. The number of hydrogen-bond acceptors (Lipinski definition) is 4. The van der Waals surface area contributed by atoms with Gasteiger partial charge in [0.15, 0.2) is 0 Å². The molecule has 0 fully saturated rings. The van der Waals surface area contributed by atoms with Crippen molar-refractivity contribution in [3.05, 3.63) is 60.8 Å². The number of rotatable bonds is 42. The first-order valence-electron chi connectivity index (χ1n) is 23.4. The molecular formula is C50H87NO5. The molecule has 6 heteroatoms. The Hall–Kier alpha value is -2.89. The van der Waals surface area contributed by atoms with E-state index in [1.165, 1.54) is 135 Å². The van der Waals surface area contributed by atoms with Gasteiger partial charge in [0.2, 0.25) is 5.91 Å². The molecule has 56 heavy (non-hydrogen) atoms. The first-order chi connectivity index (χ1) is 27.5. The van der Waals surface area contributed by atoms with Crippen molar-refractivity contribution in [1.29, 1.82) is 0 Å². The summed E-state index contributed by atoms with van der Waals surface area (Å²) in [5, 5.41) is 11.1. The molecule has 2 N–H and O–H groups in total. The molecule has 0 saturated carbocycles. The summed E-state index contributed by atoms with van der Waals surface area (Å²) in [6.45, 7) is 4.07. The molecule has 6 nitrogen and oxygen atoms in total. The van der Waals surface area contributed by atoms with Crippen molar-refractivity contribution < 1.29 is 24.2 Å². The molecule has 0 aromatic rings. The van der Waals surface area contributed by atoms with E-state index in [2.05, 4.69) is 67.8 Å². The minimum absolute atomic E-state index is 0.154. The van der Waals surface area contributed by atoms with Gasteiger partial charge in [0.1, 0.15) is 12.6 Å². The van der Waals surface area contributed by atoms with Crippen LogP contribution < -0.4 is 5.32 Å². The van der Waals surface area contributed by atoms with E-state index in [0.29, 0.717) is 25.7 Å². The molecule has 1 amide bonds. The molecule has 0 bridgehead atoms. The summed E-state index contributed by atoms with van der Waals surface area (Å²) in [4.78, 5) is 35.2. The number of carboxylic acids is 1. The third kappa shape index (κ3) is 43.8. The van der Waals surface area contributed by atoms with Crippen LogP contribution in [0.25, 0.3) is 0 Å². The van der Waals surface area contributed by atoms with Crippen molar-refractivity contribution in [2.75, 3.05) is 6.54 Å². The van der Waals surface area contributed by atoms with Gasteiger partial charge in [-0.05, 0) is 63.9 Å². The Morgan fingerprint density at radius 1 is 0.482 bits per heavy atom. The van der Waals surface area contributed by atoms with Crippen molar-refractivity contribution in [2.24, 2.45) is 0 Å². The number of carbonyl (C=O) groups is 3. The van der Waals surface area contributed by atoms with E-state index in [1.54, 1.807) is 0 Å². The summed E-state index contributed by atoms with van der Waals surface area (Å²) in [6, 6.07) is 0. The van der Waals surface area contributed by atoms with Crippen molar-refractivity contribution >= 4 is 17.8 Å². The van der Waals surface area contributed by atoms with Gasteiger partial charge in [-0.1, -0.05) is 210 Å². The molecule has 0 aliphatic carbocycles. The molecule has 0 rings (SSSR count).